The lowest BCUT2D eigenvalue weighted by atomic mass is 10.0. The third-order valence-electron chi connectivity index (χ3n) is 2.94. The third kappa shape index (κ3) is 9.26. The van der Waals surface area contributed by atoms with Crippen molar-refractivity contribution in [3.05, 3.63) is 0 Å². The molecule has 0 aromatic heterocycles. The molecule has 0 aliphatic rings. The Morgan fingerprint density at radius 2 is 0.955 bits per heavy atom. The molecule has 0 amide bonds. The van der Waals surface area contributed by atoms with Crippen LogP contribution in [0.3, 0.4) is 0 Å². The summed E-state index contributed by atoms with van der Waals surface area (Å²) in [5.41, 5.74) is 0. The van der Waals surface area contributed by atoms with Gasteiger partial charge in [-0.1, -0.05) is 13.8 Å². The van der Waals surface area contributed by atoms with Crippen LogP contribution in [0.2, 0.25) is 0 Å². The molecule has 2 atom stereocenters. The molecule has 0 aliphatic heterocycles. The van der Waals surface area contributed by atoms with Crippen LogP contribution >= 0.6 is 0 Å². The van der Waals surface area contributed by atoms with Crippen molar-refractivity contribution in [1.29, 1.82) is 0 Å². The molecule has 0 aliphatic carbocycles. The number of Topliss-reactive ketones (excluding diaryl/α,β-unsaturated/α-hetero) is 2. The standard InChI is InChI=1S/2C8H14O3/c2*1-4-7(6(3)9)8(10)11-5-2/h2*7H,4-5H2,1-3H3. The van der Waals surface area contributed by atoms with Gasteiger partial charge in [0.05, 0.1) is 13.2 Å². The number of rotatable bonds is 8. The molecule has 0 aromatic carbocycles. The highest BCUT2D eigenvalue weighted by Crippen LogP contribution is 2.06. The molecule has 0 spiro atoms. The highest BCUT2D eigenvalue weighted by molar-refractivity contribution is 5.98. The fourth-order valence-electron chi connectivity index (χ4n) is 1.73. The van der Waals surface area contributed by atoms with Gasteiger partial charge < -0.3 is 9.47 Å². The first-order chi connectivity index (χ1) is 10.3. The Morgan fingerprint density at radius 3 is 1.09 bits per heavy atom. The van der Waals surface area contributed by atoms with Crippen LogP contribution in [0, 0.1) is 11.8 Å². The van der Waals surface area contributed by atoms with Crippen molar-refractivity contribution in [2.75, 3.05) is 13.2 Å². The average molecular weight is 316 g/mol. The van der Waals surface area contributed by atoms with Crippen molar-refractivity contribution < 1.29 is 28.7 Å². The molecule has 0 saturated heterocycles. The topological polar surface area (TPSA) is 86.7 Å². The van der Waals surface area contributed by atoms with Crippen LogP contribution in [0.15, 0.2) is 0 Å². The van der Waals surface area contributed by atoms with Crippen LogP contribution in [-0.2, 0) is 28.7 Å². The van der Waals surface area contributed by atoms with Gasteiger partial charge in [0.1, 0.15) is 23.4 Å². The van der Waals surface area contributed by atoms with E-state index >= 15 is 0 Å². The van der Waals surface area contributed by atoms with Crippen molar-refractivity contribution in [3.8, 4) is 0 Å². The number of ketones is 2. The highest BCUT2D eigenvalue weighted by Gasteiger charge is 2.22. The summed E-state index contributed by atoms with van der Waals surface area (Å²) in [6.45, 7) is 10.5. The minimum atomic E-state index is -0.560. The van der Waals surface area contributed by atoms with Gasteiger partial charge in [-0.2, -0.15) is 0 Å². The van der Waals surface area contributed by atoms with Gasteiger partial charge in [0.15, 0.2) is 0 Å². The van der Waals surface area contributed by atoms with E-state index in [9.17, 15) is 19.2 Å². The Balaban J connectivity index is 0. The van der Waals surface area contributed by atoms with Gasteiger partial charge in [-0.25, -0.2) is 0 Å². The lowest BCUT2D eigenvalue weighted by molar-refractivity contribution is -0.152. The van der Waals surface area contributed by atoms with E-state index in [-0.39, 0.29) is 11.6 Å². The van der Waals surface area contributed by atoms with Crippen LogP contribution < -0.4 is 0 Å². The maximum absolute atomic E-state index is 11.0. The maximum atomic E-state index is 11.0. The molecule has 0 N–H and O–H groups in total. The smallest absolute Gasteiger partial charge is 0.316 e. The maximum Gasteiger partial charge on any atom is 0.316 e. The van der Waals surface area contributed by atoms with Gasteiger partial charge in [-0.05, 0) is 40.5 Å². The van der Waals surface area contributed by atoms with E-state index < -0.39 is 23.8 Å². The molecule has 0 aromatic rings. The number of ether oxygens (including phenoxy) is 2. The molecule has 2 unspecified atom stereocenters. The molecule has 0 bridgehead atoms. The summed E-state index contributed by atoms with van der Waals surface area (Å²) < 4.78 is 9.39. The van der Waals surface area contributed by atoms with E-state index in [1.54, 1.807) is 27.7 Å². The summed E-state index contributed by atoms with van der Waals surface area (Å²) in [5, 5.41) is 0. The zero-order valence-electron chi connectivity index (χ0n) is 14.4. The van der Waals surface area contributed by atoms with E-state index in [0.29, 0.717) is 26.1 Å². The fourth-order valence-corrected chi connectivity index (χ4v) is 1.73. The van der Waals surface area contributed by atoms with Gasteiger partial charge in [-0.3, -0.25) is 19.2 Å². The predicted molar refractivity (Wildman–Crippen MR) is 82.2 cm³/mol. The summed E-state index contributed by atoms with van der Waals surface area (Å²) >= 11 is 0. The molecule has 0 heterocycles. The Morgan fingerprint density at radius 1 is 0.682 bits per heavy atom. The lowest BCUT2D eigenvalue weighted by Gasteiger charge is -2.08. The van der Waals surface area contributed by atoms with Crippen LogP contribution in [0.1, 0.15) is 54.4 Å². The van der Waals surface area contributed by atoms with Crippen molar-refractivity contribution in [2.24, 2.45) is 11.8 Å². The second kappa shape index (κ2) is 13.0. The first-order valence-electron chi connectivity index (χ1n) is 7.60. The van der Waals surface area contributed by atoms with E-state index in [0.717, 1.165) is 0 Å². The zero-order chi connectivity index (χ0) is 17.7. The molecular weight excluding hydrogens is 288 g/mol. The first kappa shape index (κ1) is 22.6. The van der Waals surface area contributed by atoms with Crippen LogP contribution in [0.5, 0.6) is 0 Å². The molecule has 0 saturated carbocycles. The van der Waals surface area contributed by atoms with Crippen LogP contribution in [0.25, 0.3) is 0 Å². The summed E-state index contributed by atoms with van der Waals surface area (Å²) in [4.78, 5) is 43.5. The molecular formula is C16H28O6. The van der Waals surface area contributed by atoms with Gasteiger partial charge in [0, 0.05) is 0 Å². The second-order valence-electron chi connectivity index (χ2n) is 4.65. The summed E-state index contributed by atoms with van der Waals surface area (Å²) in [5.74, 6) is -2.16. The van der Waals surface area contributed by atoms with Crippen molar-refractivity contribution in [3.63, 3.8) is 0 Å². The van der Waals surface area contributed by atoms with Gasteiger partial charge in [-0.15, -0.1) is 0 Å². The van der Waals surface area contributed by atoms with E-state index in [4.69, 9.17) is 9.47 Å². The van der Waals surface area contributed by atoms with Crippen LogP contribution in [-0.4, -0.2) is 36.7 Å². The minimum Gasteiger partial charge on any atom is -0.465 e. The lowest BCUT2D eigenvalue weighted by Crippen LogP contribution is -2.23. The SMILES string of the molecule is CCOC(=O)C(CC)C(C)=O.CCOC(=O)C(CC)C(C)=O. The van der Waals surface area contributed by atoms with Gasteiger partial charge in [0.25, 0.3) is 0 Å². The Labute approximate surface area is 132 Å². The number of carbonyl (C=O) groups excluding carboxylic acids is 4. The number of hydrogen-bond acceptors (Lipinski definition) is 6. The average Bonchev–Trinajstić information content (AvgIpc) is 2.40. The van der Waals surface area contributed by atoms with Gasteiger partial charge >= 0.3 is 11.9 Å². The predicted octanol–water partition coefficient (Wildman–Crippen LogP) is 2.33. The Kier molecular flexibility index (Phi) is 13.3. The number of hydrogen-bond donors (Lipinski definition) is 0. The number of esters is 2. The van der Waals surface area contributed by atoms with Crippen molar-refractivity contribution in [1.82, 2.24) is 0 Å². The zero-order valence-corrected chi connectivity index (χ0v) is 14.4. The highest BCUT2D eigenvalue weighted by atomic mass is 16.5. The monoisotopic (exact) mass is 316 g/mol. The van der Waals surface area contributed by atoms with Crippen LogP contribution in [0.4, 0.5) is 0 Å². The number of carbonyl (C=O) groups is 4. The molecule has 0 fully saturated rings. The van der Waals surface area contributed by atoms with E-state index in [1.807, 2.05) is 0 Å². The molecule has 6 nitrogen and oxygen atoms in total. The fraction of sp³-hybridized carbons (Fsp3) is 0.750. The normalized spacial score (nSPS) is 12.3. The van der Waals surface area contributed by atoms with Crippen molar-refractivity contribution in [2.45, 2.75) is 54.4 Å². The second-order valence-corrected chi connectivity index (χ2v) is 4.65. The molecule has 0 radical (unpaired) electrons. The largest absolute Gasteiger partial charge is 0.465 e. The molecule has 128 valence electrons. The van der Waals surface area contributed by atoms with E-state index in [2.05, 4.69) is 0 Å². The minimum absolute atomic E-state index is 0.119. The summed E-state index contributed by atoms with van der Waals surface area (Å²) in [6.07, 6.45) is 1.04. The summed E-state index contributed by atoms with van der Waals surface area (Å²) in [7, 11) is 0. The molecule has 0 rings (SSSR count). The summed E-state index contributed by atoms with van der Waals surface area (Å²) in [6, 6.07) is 0. The van der Waals surface area contributed by atoms with Crippen molar-refractivity contribution >= 4 is 23.5 Å². The Hall–Kier alpha value is -1.72. The first-order valence-corrected chi connectivity index (χ1v) is 7.60. The molecule has 6 heteroatoms. The third-order valence-corrected chi connectivity index (χ3v) is 2.94. The molecule has 22 heavy (non-hydrogen) atoms. The van der Waals surface area contributed by atoms with Gasteiger partial charge in [0.2, 0.25) is 0 Å². The van der Waals surface area contributed by atoms with E-state index in [1.165, 1.54) is 13.8 Å². The Bertz CT molecular complexity index is 339. The quantitative estimate of drug-likeness (QED) is 0.504.